The summed E-state index contributed by atoms with van der Waals surface area (Å²) in [6.45, 7) is 0.728. The Morgan fingerprint density at radius 3 is 2.60 bits per heavy atom. The molecule has 2 aromatic carbocycles. The van der Waals surface area contributed by atoms with Crippen molar-refractivity contribution in [2.45, 2.75) is 18.8 Å². The number of nitrogens with two attached hydrogens (primary N) is 1. The van der Waals surface area contributed by atoms with Crippen molar-refractivity contribution in [2.75, 3.05) is 6.54 Å². The van der Waals surface area contributed by atoms with E-state index in [2.05, 4.69) is 30.3 Å². The van der Waals surface area contributed by atoms with Gasteiger partial charge in [0.25, 0.3) is 0 Å². The summed E-state index contributed by atoms with van der Waals surface area (Å²) in [5.74, 6) is 0.896. The van der Waals surface area contributed by atoms with Gasteiger partial charge in [0.1, 0.15) is 0 Å². The lowest BCUT2D eigenvalue weighted by molar-refractivity contribution is 0.437. The molecule has 0 spiro atoms. The SMILES string of the molecule is NC[C@@H]1Cc2ccccc2C(c2ccc(Cl)c(Cl)c2)C1. The predicted molar refractivity (Wildman–Crippen MR) is 85.6 cm³/mol. The van der Waals surface area contributed by atoms with E-state index in [1.54, 1.807) is 0 Å². The summed E-state index contributed by atoms with van der Waals surface area (Å²) in [6, 6.07) is 14.6. The van der Waals surface area contributed by atoms with Crippen molar-refractivity contribution >= 4 is 23.2 Å². The molecular weight excluding hydrogens is 289 g/mol. The molecule has 0 saturated carbocycles. The zero-order valence-electron chi connectivity index (χ0n) is 11.2. The lowest BCUT2D eigenvalue weighted by Gasteiger charge is -2.31. The molecule has 1 unspecified atom stereocenters. The lowest BCUT2D eigenvalue weighted by atomic mass is 9.74. The fourth-order valence-corrected chi connectivity index (χ4v) is 3.45. The molecule has 0 heterocycles. The van der Waals surface area contributed by atoms with Crippen molar-refractivity contribution in [1.29, 1.82) is 0 Å². The molecule has 0 saturated heterocycles. The molecule has 2 aromatic rings. The van der Waals surface area contributed by atoms with E-state index >= 15 is 0 Å². The minimum atomic E-state index is 0.364. The van der Waals surface area contributed by atoms with Crippen molar-refractivity contribution in [1.82, 2.24) is 0 Å². The Balaban J connectivity index is 2.05. The number of halogens is 2. The van der Waals surface area contributed by atoms with Crippen molar-refractivity contribution < 1.29 is 0 Å². The van der Waals surface area contributed by atoms with Crippen LogP contribution in [0.4, 0.5) is 0 Å². The van der Waals surface area contributed by atoms with E-state index < -0.39 is 0 Å². The normalized spacial score (nSPS) is 21.6. The van der Waals surface area contributed by atoms with Gasteiger partial charge >= 0.3 is 0 Å². The maximum Gasteiger partial charge on any atom is 0.0595 e. The lowest BCUT2D eigenvalue weighted by Crippen LogP contribution is -2.25. The molecular formula is C17H17Cl2N. The Hall–Kier alpha value is -1.02. The van der Waals surface area contributed by atoms with Crippen molar-refractivity contribution in [3.63, 3.8) is 0 Å². The second-order valence-corrected chi connectivity index (χ2v) is 6.28. The van der Waals surface area contributed by atoms with Gasteiger partial charge in [-0.15, -0.1) is 0 Å². The number of fused-ring (bicyclic) bond motifs is 1. The third-order valence-corrected chi connectivity index (χ3v) is 4.93. The summed E-state index contributed by atoms with van der Waals surface area (Å²) >= 11 is 12.2. The first-order valence-electron chi connectivity index (χ1n) is 6.92. The zero-order chi connectivity index (χ0) is 14.1. The van der Waals surface area contributed by atoms with Crippen LogP contribution in [0, 0.1) is 5.92 Å². The van der Waals surface area contributed by atoms with E-state index in [1.165, 1.54) is 16.7 Å². The summed E-state index contributed by atoms with van der Waals surface area (Å²) in [7, 11) is 0. The summed E-state index contributed by atoms with van der Waals surface area (Å²) < 4.78 is 0. The van der Waals surface area contributed by atoms with Gasteiger partial charge in [-0.2, -0.15) is 0 Å². The Kier molecular flexibility index (Phi) is 4.02. The molecule has 2 N–H and O–H groups in total. The van der Waals surface area contributed by atoms with Crippen LogP contribution in [0.25, 0.3) is 0 Å². The van der Waals surface area contributed by atoms with Gasteiger partial charge in [0.05, 0.1) is 10.0 Å². The fourth-order valence-electron chi connectivity index (χ4n) is 3.14. The van der Waals surface area contributed by atoms with Gasteiger partial charge in [-0.05, 0) is 54.1 Å². The first-order chi connectivity index (χ1) is 9.69. The fraction of sp³-hybridized carbons (Fsp3) is 0.294. The van der Waals surface area contributed by atoms with Crippen LogP contribution in [0.2, 0.25) is 10.0 Å². The molecule has 3 heteroatoms. The largest absolute Gasteiger partial charge is 0.330 e. The van der Waals surface area contributed by atoms with E-state index in [0.717, 1.165) is 19.4 Å². The molecule has 104 valence electrons. The molecule has 1 aliphatic carbocycles. The van der Waals surface area contributed by atoms with Gasteiger partial charge in [0.15, 0.2) is 0 Å². The minimum Gasteiger partial charge on any atom is -0.330 e. The van der Waals surface area contributed by atoms with Gasteiger partial charge in [-0.25, -0.2) is 0 Å². The zero-order valence-corrected chi connectivity index (χ0v) is 12.7. The highest BCUT2D eigenvalue weighted by molar-refractivity contribution is 6.42. The van der Waals surface area contributed by atoms with E-state index in [0.29, 0.717) is 21.9 Å². The van der Waals surface area contributed by atoms with Gasteiger partial charge in [0.2, 0.25) is 0 Å². The van der Waals surface area contributed by atoms with Crippen LogP contribution in [0.5, 0.6) is 0 Å². The van der Waals surface area contributed by atoms with Crippen LogP contribution in [0.1, 0.15) is 29.0 Å². The van der Waals surface area contributed by atoms with Crippen LogP contribution in [-0.4, -0.2) is 6.54 Å². The highest BCUT2D eigenvalue weighted by Crippen LogP contribution is 2.40. The van der Waals surface area contributed by atoms with Crippen LogP contribution < -0.4 is 5.73 Å². The van der Waals surface area contributed by atoms with E-state index in [9.17, 15) is 0 Å². The highest BCUT2D eigenvalue weighted by atomic mass is 35.5. The Morgan fingerprint density at radius 2 is 1.85 bits per heavy atom. The second kappa shape index (κ2) is 5.77. The molecule has 0 fully saturated rings. The van der Waals surface area contributed by atoms with Gasteiger partial charge in [0, 0.05) is 5.92 Å². The first-order valence-corrected chi connectivity index (χ1v) is 7.67. The average Bonchev–Trinajstić information content (AvgIpc) is 2.49. The molecule has 0 bridgehead atoms. The van der Waals surface area contributed by atoms with Crippen LogP contribution >= 0.6 is 23.2 Å². The van der Waals surface area contributed by atoms with Gasteiger partial charge < -0.3 is 5.73 Å². The Bertz CT molecular complexity index is 624. The number of hydrogen-bond donors (Lipinski definition) is 1. The molecule has 0 aromatic heterocycles. The molecule has 1 nitrogen and oxygen atoms in total. The predicted octanol–water partition coefficient (Wildman–Crippen LogP) is 4.65. The van der Waals surface area contributed by atoms with Crippen molar-refractivity contribution in [3.8, 4) is 0 Å². The summed E-state index contributed by atoms with van der Waals surface area (Å²) in [6.07, 6.45) is 2.15. The summed E-state index contributed by atoms with van der Waals surface area (Å²) in [5.41, 5.74) is 9.94. The first kappa shape index (κ1) is 13.9. The quantitative estimate of drug-likeness (QED) is 0.859. The number of rotatable bonds is 2. The topological polar surface area (TPSA) is 26.0 Å². The van der Waals surface area contributed by atoms with Gasteiger partial charge in [-0.3, -0.25) is 0 Å². The molecule has 1 aliphatic rings. The van der Waals surface area contributed by atoms with Crippen molar-refractivity contribution in [2.24, 2.45) is 11.7 Å². The highest BCUT2D eigenvalue weighted by Gasteiger charge is 2.27. The number of hydrogen-bond acceptors (Lipinski definition) is 1. The molecule has 0 aliphatic heterocycles. The minimum absolute atomic E-state index is 0.364. The van der Waals surface area contributed by atoms with Gasteiger partial charge in [-0.1, -0.05) is 53.5 Å². The molecule has 0 amide bonds. The molecule has 2 atom stereocenters. The summed E-state index contributed by atoms with van der Waals surface area (Å²) in [5, 5.41) is 1.23. The van der Waals surface area contributed by atoms with Crippen LogP contribution in [0.15, 0.2) is 42.5 Å². The van der Waals surface area contributed by atoms with Crippen molar-refractivity contribution in [3.05, 3.63) is 69.2 Å². The van der Waals surface area contributed by atoms with Crippen LogP contribution in [0.3, 0.4) is 0 Å². The average molecular weight is 306 g/mol. The standard InChI is InChI=1S/C17H17Cl2N/c18-16-6-5-13(9-17(16)19)15-8-11(10-20)7-12-3-1-2-4-14(12)15/h1-6,9,11,15H,7-8,10,20H2/t11-,15?/m1/s1. The third kappa shape index (κ3) is 2.58. The Morgan fingerprint density at radius 1 is 1.05 bits per heavy atom. The summed E-state index contributed by atoms with van der Waals surface area (Å²) in [4.78, 5) is 0. The maximum absolute atomic E-state index is 6.17. The van der Waals surface area contributed by atoms with E-state index in [4.69, 9.17) is 28.9 Å². The Labute approximate surface area is 129 Å². The molecule has 0 radical (unpaired) electrons. The van der Waals surface area contributed by atoms with E-state index in [-0.39, 0.29) is 0 Å². The van der Waals surface area contributed by atoms with Crippen LogP contribution in [-0.2, 0) is 6.42 Å². The maximum atomic E-state index is 6.17. The number of benzene rings is 2. The molecule has 3 rings (SSSR count). The molecule has 20 heavy (non-hydrogen) atoms. The monoisotopic (exact) mass is 305 g/mol. The third-order valence-electron chi connectivity index (χ3n) is 4.19. The smallest absolute Gasteiger partial charge is 0.0595 e. The van der Waals surface area contributed by atoms with E-state index in [1.807, 2.05) is 12.1 Å². The second-order valence-electron chi connectivity index (χ2n) is 5.47.